The van der Waals surface area contributed by atoms with Crippen LogP contribution >= 0.6 is 23.2 Å². The topological polar surface area (TPSA) is 33.7 Å². The lowest BCUT2D eigenvalue weighted by atomic mass is 10.1. The number of ether oxygens (including phenoxy) is 2. The molecule has 3 rings (SSSR count). The molecular formula is C17H24Cl2N2O2. The first-order chi connectivity index (χ1) is 11.1. The molecule has 1 N–H and O–H groups in total. The van der Waals surface area contributed by atoms with Gasteiger partial charge in [0.1, 0.15) is 11.9 Å². The van der Waals surface area contributed by atoms with E-state index >= 15 is 0 Å². The zero-order chi connectivity index (χ0) is 16.2. The summed E-state index contributed by atoms with van der Waals surface area (Å²) in [6.45, 7) is 7.73. The quantitative estimate of drug-likeness (QED) is 0.896. The minimum Gasteiger partial charge on any atom is -0.489 e. The standard InChI is InChI=1S/C17H24Cl2N2O2/c1-12-15(18)2-3-16(17(12)19)23-13-4-7-21(8-5-13)11-14-10-20-6-9-22-14/h2-3,13-14,20H,4-11H2,1H3/t14-/m1/s1. The van der Waals surface area contributed by atoms with E-state index in [1.54, 1.807) is 0 Å². The molecular weight excluding hydrogens is 335 g/mol. The van der Waals surface area contributed by atoms with Crippen molar-refractivity contribution in [1.82, 2.24) is 10.2 Å². The van der Waals surface area contributed by atoms with Crippen molar-refractivity contribution in [3.8, 4) is 5.75 Å². The van der Waals surface area contributed by atoms with Crippen LogP contribution in [-0.2, 0) is 4.74 Å². The van der Waals surface area contributed by atoms with Gasteiger partial charge in [-0.25, -0.2) is 0 Å². The summed E-state index contributed by atoms with van der Waals surface area (Å²) >= 11 is 12.4. The maximum Gasteiger partial charge on any atom is 0.138 e. The van der Waals surface area contributed by atoms with Crippen LogP contribution in [0.1, 0.15) is 18.4 Å². The molecule has 2 aliphatic heterocycles. The van der Waals surface area contributed by atoms with Gasteiger partial charge in [0.25, 0.3) is 0 Å². The Balaban J connectivity index is 1.48. The van der Waals surface area contributed by atoms with Gasteiger partial charge < -0.3 is 19.7 Å². The number of likely N-dealkylation sites (tertiary alicyclic amines) is 1. The fourth-order valence-corrected chi connectivity index (χ4v) is 3.56. The monoisotopic (exact) mass is 358 g/mol. The maximum absolute atomic E-state index is 6.33. The van der Waals surface area contributed by atoms with Crippen LogP contribution in [0.5, 0.6) is 5.75 Å². The van der Waals surface area contributed by atoms with Crippen LogP contribution in [-0.4, -0.2) is 56.4 Å². The van der Waals surface area contributed by atoms with E-state index in [4.69, 9.17) is 32.7 Å². The number of nitrogens with zero attached hydrogens (tertiary/aromatic N) is 1. The normalized spacial score (nSPS) is 23.9. The lowest BCUT2D eigenvalue weighted by molar-refractivity contribution is -0.00562. The maximum atomic E-state index is 6.33. The second-order valence-corrected chi connectivity index (χ2v) is 7.08. The van der Waals surface area contributed by atoms with Crippen LogP contribution in [0, 0.1) is 6.92 Å². The SMILES string of the molecule is Cc1c(Cl)ccc(OC2CCN(C[C@H]3CNCCO3)CC2)c1Cl. The number of hydrogen-bond acceptors (Lipinski definition) is 4. The van der Waals surface area contributed by atoms with Gasteiger partial charge in [-0.2, -0.15) is 0 Å². The van der Waals surface area contributed by atoms with Crippen LogP contribution in [0.15, 0.2) is 12.1 Å². The third kappa shape index (κ3) is 4.52. The molecule has 6 heteroatoms. The molecule has 1 aromatic carbocycles. The highest BCUT2D eigenvalue weighted by atomic mass is 35.5. The Hall–Kier alpha value is -0.520. The van der Waals surface area contributed by atoms with Crippen molar-refractivity contribution in [3.63, 3.8) is 0 Å². The van der Waals surface area contributed by atoms with Crippen molar-refractivity contribution in [3.05, 3.63) is 27.7 Å². The summed E-state index contributed by atoms with van der Waals surface area (Å²) in [6.07, 6.45) is 2.56. The van der Waals surface area contributed by atoms with Crippen molar-refractivity contribution < 1.29 is 9.47 Å². The minimum atomic E-state index is 0.217. The molecule has 0 saturated carbocycles. The molecule has 0 unspecified atom stereocenters. The lowest BCUT2D eigenvalue weighted by Crippen LogP contribution is -2.48. The fraction of sp³-hybridized carbons (Fsp3) is 0.647. The first kappa shape index (κ1) is 17.3. The predicted molar refractivity (Wildman–Crippen MR) is 93.9 cm³/mol. The number of benzene rings is 1. The highest BCUT2D eigenvalue weighted by molar-refractivity contribution is 6.36. The second kappa shape index (κ2) is 8.04. The third-order valence-electron chi connectivity index (χ3n) is 4.58. The van der Waals surface area contributed by atoms with E-state index < -0.39 is 0 Å². The molecule has 1 atom stereocenters. The van der Waals surface area contributed by atoms with E-state index in [1.807, 2.05) is 19.1 Å². The molecule has 1 aromatic rings. The summed E-state index contributed by atoms with van der Waals surface area (Å²) in [5, 5.41) is 4.69. The summed E-state index contributed by atoms with van der Waals surface area (Å²) in [5.74, 6) is 0.742. The van der Waals surface area contributed by atoms with E-state index in [1.165, 1.54) is 0 Å². The molecule has 2 fully saturated rings. The van der Waals surface area contributed by atoms with Gasteiger partial charge in [-0.15, -0.1) is 0 Å². The van der Waals surface area contributed by atoms with Crippen molar-refractivity contribution in [1.29, 1.82) is 0 Å². The van der Waals surface area contributed by atoms with Crippen molar-refractivity contribution in [2.45, 2.75) is 32.0 Å². The summed E-state index contributed by atoms with van der Waals surface area (Å²) in [5.41, 5.74) is 0.880. The Labute approximate surface area is 148 Å². The molecule has 4 nitrogen and oxygen atoms in total. The van der Waals surface area contributed by atoms with Gasteiger partial charge in [0.2, 0.25) is 0 Å². The first-order valence-electron chi connectivity index (χ1n) is 8.29. The number of rotatable bonds is 4. The lowest BCUT2D eigenvalue weighted by Gasteiger charge is -2.35. The number of halogens is 2. The van der Waals surface area contributed by atoms with E-state index in [0.717, 1.165) is 63.5 Å². The van der Waals surface area contributed by atoms with Crippen LogP contribution < -0.4 is 10.1 Å². The summed E-state index contributed by atoms with van der Waals surface area (Å²) in [7, 11) is 0. The zero-order valence-corrected chi connectivity index (χ0v) is 15.0. The van der Waals surface area contributed by atoms with Crippen molar-refractivity contribution in [2.75, 3.05) is 39.3 Å². The van der Waals surface area contributed by atoms with Gasteiger partial charge in [0, 0.05) is 37.7 Å². The smallest absolute Gasteiger partial charge is 0.138 e. The average Bonchev–Trinajstić information content (AvgIpc) is 2.58. The van der Waals surface area contributed by atoms with Crippen LogP contribution in [0.4, 0.5) is 0 Å². The predicted octanol–water partition coefficient (Wildman–Crippen LogP) is 3.13. The molecule has 128 valence electrons. The average molecular weight is 359 g/mol. The highest BCUT2D eigenvalue weighted by Crippen LogP contribution is 2.34. The molecule has 0 bridgehead atoms. The Morgan fingerprint density at radius 1 is 1.30 bits per heavy atom. The third-order valence-corrected chi connectivity index (χ3v) is 5.46. The van der Waals surface area contributed by atoms with Crippen LogP contribution in [0.25, 0.3) is 0 Å². The molecule has 23 heavy (non-hydrogen) atoms. The largest absolute Gasteiger partial charge is 0.489 e. The van der Waals surface area contributed by atoms with E-state index in [-0.39, 0.29) is 6.10 Å². The van der Waals surface area contributed by atoms with Gasteiger partial charge >= 0.3 is 0 Å². The molecule has 0 spiro atoms. The molecule has 2 saturated heterocycles. The number of hydrogen-bond donors (Lipinski definition) is 1. The number of nitrogens with one attached hydrogen (secondary N) is 1. The van der Waals surface area contributed by atoms with Gasteiger partial charge in [-0.1, -0.05) is 23.2 Å². The second-order valence-electron chi connectivity index (χ2n) is 6.30. The Bertz CT molecular complexity index is 528. The number of morpholine rings is 1. The minimum absolute atomic E-state index is 0.217. The van der Waals surface area contributed by atoms with E-state index in [0.29, 0.717) is 16.1 Å². The first-order valence-corrected chi connectivity index (χ1v) is 9.05. The van der Waals surface area contributed by atoms with E-state index in [2.05, 4.69) is 10.2 Å². The van der Waals surface area contributed by atoms with Crippen LogP contribution in [0.3, 0.4) is 0 Å². The van der Waals surface area contributed by atoms with Gasteiger partial charge in [0.15, 0.2) is 0 Å². The zero-order valence-electron chi connectivity index (χ0n) is 13.5. The Morgan fingerprint density at radius 3 is 2.78 bits per heavy atom. The Kier molecular flexibility index (Phi) is 6.05. The van der Waals surface area contributed by atoms with Crippen molar-refractivity contribution >= 4 is 23.2 Å². The summed E-state index contributed by atoms with van der Waals surface area (Å²) < 4.78 is 11.9. The summed E-state index contributed by atoms with van der Waals surface area (Å²) in [6, 6.07) is 3.71. The Morgan fingerprint density at radius 2 is 2.09 bits per heavy atom. The van der Waals surface area contributed by atoms with Gasteiger partial charge in [-0.05, 0) is 37.5 Å². The molecule has 2 aliphatic rings. The number of piperidine rings is 1. The molecule has 0 amide bonds. The van der Waals surface area contributed by atoms with Crippen LogP contribution in [0.2, 0.25) is 10.0 Å². The highest BCUT2D eigenvalue weighted by Gasteiger charge is 2.24. The van der Waals surface area contributed by atoms with Gasteiger partial charge in [0.05, 0.1) is 17.7 Å². The molecule has 0 radical (unpaired) electrons. The van der Waals surface area contributed by atoms with E-state index in [9.17, 15) is 0 Å². The fourth-order valence-electron chi connectivity index (χ4n) is 3.14. The van der Waals surface area contributed by atoms with Gasteiger partial charge in [-0.3, -0.25) is 0 Å². The molecule has 0 aromatic heterocycles. The van der Waals surface area contributed by atoms with Crippen molar-refractivity contribution in [2.24, 2.45) is 0 Å². The molecule has 2 heterocycles. The molecule has 0 aliphatic carbocycles. The summed E-state index contributed by atoms with van der Waals surface area (Å²) in [4.78, 5) is 2.46.